The summed E-state index contributed by atoms with van der Waals surface area (Å²) in [6, 6.07) is 0. The van der Waals surface area contributed by atoms with Crippen LogP contribution in [0, 0.1) is 0 Å². The molecule has 1 unspecified atom stereocenters. The fourth-order valence-corrected chi connectivity index (χ4v) is 2.32. The molecule has 0 amide bonds. The van der Waals surface area contributed by atoms with Gasteiger partial charge >= 0.3 is 51.4 Å². The molecule has 0 rings (SSSR count). The van der Waals surface area contributed by atoms with E-state index in [1.807, 2.05) is 0 Å². The van der Waals surface area contributed by atoms with Crippen LogP contribution in [0.1, 0.15) is 85.4 Å². The van der Waals surface area contributed by atoms with Crippen LogP contribution < -0.4 is 51.4 Å². The van der Waals surface area contributed by atoms with Crippen LogP contribution in [0.5, 0.6) is 0 Å². The van der Waals surface area contributed by atoms with Gasteiger partial charge < -0.3 is 10.2 Å². The Hall–Kier alpha value is 1.71. The van der Waals surface area contributed by atoms with Gasteiger partial charge in [0.05, 0.1) is 18.0 Å². The van der Waals surface area contributed by atoms with Crippen molar-refractivity contribution in [2.75, 3.05) is 6.61 Å². The van der Waals surface area contributed by atoms with Crippen molar-refractivity contribution in [1.82, 2.24) is 0 Å². The van der Waals surface area contributed by atoms with Crippen LogP contribution >= 0.6 is 0 Å². The predicted molar refractivity (Wildman–Crippen MR) is 77.1 cm³/mol. The van der Waals surface area contributed by atoms with E-state index in [-0.39, 0.29) is 52.8 Å². The van der Waals surface area contributed by atoms with Crippen molar-refractivity contribution >= 4 is 11.4 Å². The molecular formula is C14H30KO3S-. The van der Waals surface area contributed by atoms with Gasteiger partial charge in [0, 0.05) is 0 Å². The van der Waals surface area contributed by atoms with Crippen molar-refractivity contribution in [2.45, 2.75) is 84.0 Å². The van der Waals surface area contributed by atoms with Crippen LogP contribution in [0.4, 0.5) is 0 Å². The van der Waals surface area contributed by atoms with Crippen molar-refractivity contribution in [3.05, 3.63) is 0 Å². The molecular weight excluding hydrogens is 287 g/mol. The summed E-state index contributed by atoms with van der Waals surface area (Å²) in [7, 11) is 0. The normalized spacial score (nSPS) is 12.1. The van der Waals surface area contributed by atoms with Gasteiger partial charge in [-0.05, 0) is 6.42 Å². The van der Waals surface area contributed by atoms with E-state index in [9.17, 15) is 8.76 Å². The van der Waals surface area contributed by atoms with E-state index in [4.69, 9.17) is 0 Å². The second-order valence-electron chi connectivity index (χ2n) is 4.92. The molecule has 3 nitrogen and oxygen atoms in total. The third kappa shape index (κ3) is 22.1. The van der Waals surface area contributed by atoms with E-state index in [1.165, 1.54) is 64.2 Å². The molecule has 5 heteroatoms. The molecule has 0 radical (unpaired) electrons. The molecule has 0 aliphatic carbocycles. The van der Waals surface area contributed by atoms with Gasteiger partial charge in [-0.25, -0.2) is 4.21 Å². The molecule has 0 saturated carbocycles. The van der Waals surface area contributed by atoms with Crippen molar-refractivity contribution in [3.8, 4) is 0 Å². The van der Waals surface area contributed by atoms with Gasteiger partial charge in [-0.15, -0.1) is 0 Å². The molecule has 112 valence electrons. The Balaban J connectivity index is -0.00000144. The minimum atomic E-state index is -2.33. The Morgan fingerprint density at radius 1 is 0.842 bits per heavy atom. The molecule has 0 aliphatic rings. The van der Waals surface area contributed by atoms with Gasteiger partial charge in [-0.2, -0.15) is 0 Å². The standard InChI is InChI=1S/C14H30O3S.K.H/c1-2-3-4-5-6-7-8-9-10-11-12-13-14-17-18(15)16;;/h2-14H2,1H3,(H,15,16);;/q;+1;-1/p-1. The molecule has 1 atom stereocenters. The Bertz CT molecular complexity index is 197. The van der Waals surface area contributed by atoms with Gasteiger partial charge in [-0.3, -0.25) is 0 Å². The van der Waals surface area contributed by atoms with Crippen molar-refractivity contribution < 1.29 is 65.8 Å². The molecule has 0 spiro atoms. The summed E-state index contributed by atoms with van der Waals surface area (Å²) in [5.74, 6) is 0. The van der Waals surface area contributed by atoms with E-state index < -0.39 is 11.4 Å². The zero-order valence-electron chi connectivity index (χ0n) is 13.8. The first-order valence-corrected chi connectivity index (χ1v) is 8.50. The summed E-state index contributed by atoms with van der Waals surface area (Å²) in [5.41, 5.74) is 0. The Kier molecular flexibility index (Phi) is 23.8. The summed E-state index contributed by atoms with van der Waals surface area (Å²) in [5, 5.41) is 0. The molecule has 0 fully saturated rings. The molecule has 0 aromatic carbocycles. The quantitative estimate of drug-likeness (QED) is 0.278. The molecule has 0 aromatic heterocycles. The fraction of sp³-hybridized carbons (Fsp3) is 1.00. The largest absolute Gasteiger partial charge is 1.00 e. The first-order valence-electron chi connectivity index (χ1n) is 7.50. The van der Waals surface area contributed by atoms with Crippen LogP contribution in [0.25, 0.3) is 0 Å². The fourth-order valence-electron chi connectivity index (χ4n) is 2.07. The maximum Gasteiger partial charge on any atom is 1.00 e. The van der Waals surface area contributed by atoms with Crippen LogP contribution in [0.15, 0.2) is 0 Å². The van der Waals surface area contributed by atoms with Gasteiger partial charge in [0.25, 0.3) is 0 Å². The smallest absolute Gasteiger partial charge is 1.00 e. The van der Waals surface area contributed by atoms with E-state index in [2.05, 4.69) is 11.1 Å². The zero-order valence-corrected chi connectivity index (χ0v) is 16.8. The predicted octanol–water partition coefficient (Wildman–Crippen LogP) is 1.61. The zero-order chi connectivity index (χ0) is 13.5. The maximum absolute atomic E-state index is 10.1. The second kappa shape index (κ2) is 19.7. The second-order valence-corrected chi connectivity index (χ2v) is 5.56. The maximum atomic E-state index is 10.1. The number of unbranched alkanes of at least 4 members (excludes halogenated alkanes) is 11. The minimum absolute atomic E-state index is 0. The number of hydrogen-bond donors (Lipinski definition) is 0. The first-order chi connectivity index (χ1) is 8.77. The molecule has 0 heterocycles. The SMILES string of the molecule is CCCCCCCCCCCCCCOS(=O)[O-].[H-].[K+]. The summed E-state index contributed by atoms with van der Waals surface area (Å²) in [6.07, 6.45) is 15.4. The van der Waals surface area contributed by atoms with Gasteiger partial charge in [0.15, 0.2) is 0 Å². The van der Waals surface area contributed by atoms with Crippen LogP contribution in [0.3, 0.4) is 0 Å². The molecule has 0 saturated heterocycles. The van der Waals surface area contributed by atoms with E-state index in [0.29, 0.717) is 6.61 Å². The van der Waals surface area contributed by atoms with E-state index in [1.54, 1.807) is 0 Å². The summed E-state index contributed by atoms with van der Waals surface area (Å²) in [6.45, 7) is 2.59. The van der Waals surface area contributed by atoms with Crippen molar-refractivity contribution in [1.29, 1.82) is 0 Å². The van der Waals surface area contributed by atoms with Gasteiger partial charge in [-0.1, -0.05) is 77.6 Å². The molecule has 0 N–H and O–H groups in total. The molecule has 0 bridgehead atoms. The Morgan fingerprint density at radius 2 is 1.21 bits per heavy atom. The minimum Gasteiger partial charge on any atom is -1.00 e. The Labute approximate surface area is 166 Å². The average molecular weight is 318 g/mol. The topological polar surface area (TPSA) is 49.4 Å². The monoisotopic (exact) mass is 317 g/mol. The first kappa shape index (κ1) is 23.0. The molecule has 0 aromatic rings. The number of rotatable bonds is 14. The summed E-state index contributed by atoms with van der Waals surface area (Å²) >= 11 is -2.33. The van der Waals surface area contributed by atoms with E-state index >= 15 is 0 Å². The van der Waals surface area contributed by atoms with Crippen molar-refractivity contribution in [2.24, 2.45) is 0 Å². The van der Waals surface area contributed by atoms with Crippen LogP contribution in [-0.2, 0) is 15.5 Å². The van der Waals surface area contributed by atoms with Crippen LogP contribution in [0.2, 0.25) is 0 Å². The number of hydrogen-bond acceptors (Lipinski definition) is 3. The third-order valence-electron chi connectivity index (χ3n) is 3.18. The summed E-state index contributed by atoms with van der Waals surface area (Å²) in [4.78, 5) is 0. The van der Waals surface area contributed by atoms with Crippen molar-refractivity contribution in [3.63, 3.8) is 0 Å². The summed E-state index contributed by atoms with van der Waals surface area (Å²) < 4.78 is 24.6. The average Bonchev–Trinajstić information content (AvgIpc) is 2.34. The molecule has 0 aliphatic heterocycles. The van der Waals surface area contributed by atoms with Gasteiger partial charge in [0.2, 0.25) is 0 Å². The Morgan fingerprint density at radius 3 is 1.58 bits per heavy atom. The third-order valence-corrected chi connectivity index (χ3v) is 3.54. The molecule has 19 heavy (non-hydrogen) atoms. The van der Waals surface area contributed by atoms with Crippen LogP contribution in [-0.4, -0.2) is 15.4 Å². The van der Waals surface area contributed by atoms with Gasteiger partial charge in [0.1, 0.15) is 0 Å². The van der Waals surface area contributed by atoms with E-state index in [0.717, 1.165) is 12.8 Å².